The molecule has 0 radical (unpaired) electrons. The standard InChI is InChI=1S/C19H17N3O6S/c1-28-19(23)12-2-7-17-15(10-12)16-11-21(9-8-18(16)20-17)29(26,27)14-5-3-13(4-6-14)22(24)25/h2-7,10,20H,8-9,11H2,1H3. The molecule has 0 saturated heterocycles. The summed E-state index contributed by atoms with van der Waals surface area (Å²) in [6.45, 7) is 0.419. The molecule has 0 amide bonds. The number of carbonyl (C=O) groups excluding carboxylic acids is 1. The molecule has 10 heteroatoms. The molecule has 3 aromatic rings. The third kappa shape index (κ3) is 3.26. The maximum absolute atomic E-state index is 13.0. The van der Waals surface area contributed by atoms with Crippen molar-refractivity contribution in [1.82, 2.24) is 9.29 Å². The number of hydrogen-bond donors (Lipinski definition) is 1. The highest BCUT2D eigenvalue weighted by Crippen LogP contribution is 2.31. The maximum Gasteiger partial charge on any atom is 0.337 e. The molecule has 0 unspecified atom stereocenters. The van der Waals surface area contributed by atoms with E-state index in [0.29, 0.717) is 12.0 Å². The van der Waals surface area contributed by atoms with Gasteiger partial charge in [-0.3, -0.25) is 10.1 Å². The molecule has 0 spiro atoms. The fourth-order valence-corrected chi connectivity index (χ4v) is 4.94. The highest BCUT2D eigenvalue weighted by Gasteiger charge is 2.30. The summed E-state index contributed by atoms with van der Waals surface area (Å²) >= 11 is 0. The number of rotatable bonds is 4. The molecule has 150 valence electrons. The molecule has 4 rings (SSSR count). The van der Waals surface area contributed by atoms with Crippen molar-refractivity contribution in [2.75, 3.05) is 13.7 Å². The lowest BCUT2D eigenvalue weighted by Crippen LogP contribution is -2.35. The zero-order chi connectivity index (χ0) is 20.8. The maximum atomic E-state index is 13.0. The monoisotopic (exact) mass is 415 g/mol. The van der Waals surface area contributed by atoms with Crippen molar-refractivity contribution in [2.24, 2.45) is 0 Å². The molecule has 1 aliphatic rings. The molecule has 2 heterocycles. The van der Waals surface area contributed by atoms with Crippen LogP contribution < -0.4 is 0 Å². The fraction of sp³-hybridized carbons (Fsp3) is 0.211. The Labute approximate surface area is 166 Å². The lowest BCUT2D eigenvalue weighted by molar-refractivity contribution is -0.384. The summed E-state index contributed by atoms with van der Waals surface area (Å²) in [5, 5.41) is 11.6. The minimum absolute atomic E-state index is 0.00152. The molecule has 0 bridgehead atoms. The summed E-state index contributed by atoms with van der Waals surface area (Å²) in [5.74, 6) is -0.465. The number of methoxy groups -OCH3 is 1. The Kier molecular flexibility index (Phi) is 4.59. The number of hydrogen-bond acceptors (Lipinski definition) is 6. The van der Waals surface area contributed by atoms with Gasteiger partial charge in [-0.2, -0.15) is 4.31 Å². The Balaban J connectivity index is 1.69. The zero-order valence-corrected chi connectivity index (χ0v) is 16.2. The number of aromatic nitrogens is 1. The Hall–Kier alpha value is -3.24. The number of fused-ring (bicyclic) bond motifs is 3. The quantitative estimate of drug-likeness (QED) is 0.397. The van der Waals surface area contributed by atoms with Crippen molar-refractivity contribution in [3.05, 3.63) is 69.4 Å². The lowest BCUT2D eigenvalue weighted by Gasteiger charge is -2.26. The van der Waals surface area contributed by atoms with Gasteiger partial charge in [0.25, 0.3) is 5.69 Å². The van der Waals surface area contributed by atoms with Crippen LogP contribution in [-0.4, -0.2) is 42.3 Å². The molecular formula is C19H17N3O6S. The van der Waals surface area contributed by atoms with Gasteiger partial charge in [-0.25, -0.2) is 13.2 Å². The Morgan fingerprint density at radius 2 is 1.93 bits per heavy atom. The summed E-state index contributed by atoms with van der Waals surface area (Å²) in [4.78, 5) is 25.4. The van der Waals surface area contributed by atoms with E-state index in [0.717, 1.165) is 22.2 Å². The molecule has 0 fully saturated rings. The molecule has 2 aromatic carbocycles. The van der Waals surface area contributed by atoms with Crippen molar-refractivity contribution in [3.8, 4) is 0 Å². The van der Waals surface area contributed by atoms with Crippen LogP contribution >= 0.6 is 0 Å². The van der Waals surface area contributed by atoms with Crippen LogP contribution in [0.3, 0.4) is 0 Å². The first-order valence-corrected chi connectivity index (χ1v) is 10.2. The van der Waals surface area contributed by atoms with Gasteiger partial charge < -0.3 is 9.72 Å². The largest absolute Gasteiger partial charge is 0.465 e. The molecule has 29 heavy (non-hydrogen) atoms. The Morgan fingerprint density at radius 3 is 2.59 bits per heavy atom. The zero-order valence-electron chi connectivity index (χ0n) is 15.4. The second-order valence-corrected chi connectivity index (χ2v) is 8.61. The van der Waals surface area contributed by atoms with E-state index < -0.39 is 20.9 Å². The lowest BCUT2D eigenvalue weighted by atomic mass is 10.0. The number of H-pyrrole nitrogens is 1. The Morgan fingerprint density at radius 1 is 1.21 bits per heavy atom. The molecule has 1 aromatic heterocycles. The molecule has 0 atom stereocenters. The van der Waals surface area contributed by atoms with Gasteiger partial charge in [0, 0.05) is 48.2 Å². The molecule has 9 nitrogen and oxygen atoms in total. The number of carbonyl (C=O) groups is 1. The van der Waals surface area contributed by atoms with Crippen LogP contribution in [0.1, 0.15) is 21.6 Å². The van der Waals surface area contributed by atoms with Gasteiger partial charge in [0.2, 0.25) is 10.0 Å². The molecule has 0 saturated carbocycles. The number of benzene rings is 2. The first-order chi connectivity index (χ1) is 13.8. The van der Waals surface area contributed by atoms with Gasteiger partial charge in [0.05, 0.1) is 22.5 Å². The minimum atomic E-state index is -3.82. The topological polar surface area (TPSA) is 123 Å². The number of nitrogens with one attached hydrogen (secondary N) is 1. The molecular weight excluding hydrogens is 398 g/mol. The van der Waals surface area contributed by atoms with Gasteiger partial charge in [-0.1, -0.05) is 0 Å². The van der Waals surface area contributed by atoms with Crippen molar-refractivity contribution >= 4 is 32.6 Å². The smallest absolute Gasteiger partial charge is 0.337 e. The third-order valence-corrected chi connectivity index (χ3v) is 6.91. The number of nitrogens with zero attached hydrogens (tertiary/aromatic N) is 2. The van der Waals surface area contributed by atoms with Gasteiger partial charge in [-0.05, 0) is 35.9 Å². The summed E-state index contributed by atoms with van der Waals surface area (Å²) < 4.78 is 32.2. The number of nitro groups is 1. The number of ether oxygens (including phenoxy) is 1. The number of sulfonamides is 1. The van der Waals surface area contributed by atoms with E-state index in [4.69, 9.17) is 4.74 Å². The predicted molar refractivity (Wildman–Crippen MR) is 104 cm³/mol. The summed E-state index contributed by atoms with van der Waals surface area (Å²) in [7, 11) is -2.52. The van der Waals surface area contributed by atoms with E-state index in [1.54, 1.807) is 18.2 Å². The fourth-order valence-electron chi connectivity index (χ4n) is 3.53. The second kappa shape index (κ2) is 6.98. The molecule has 1 N–H and O–H groups in total. The van der Waals surface area contributed by atoms with E-state index in [1.807, 2.05) is 0 Å². The van der Waals surface area contributed by atoms with Gasteiger partial charge >= 0.3 is 5.97 Å². The van der Waals surface area contributed by atoms with Gasteiger partial charge in [0.15, 0.2) is 0 Å². The highest BCUT2D eigenvalue weighted by atomic mass is 32.2. The average Bonchev–Trinajstić information content (AvgIpc) is 3.10. The number of non-ortho nitro benzene ring substituents is 1. The minimum Gasteiger partial charge on any atom is -0.465 e. The number of nitro benzene ring substituents is 1. The van der Waals surface area contributed by atoms with Crippen LogP contribution in [0.4, 0.5) is 5.69 Å². The molecule has 1 aliphatic heterocycles. The molecule has 0 aliphatic carbocycles. The first kappa shape index (κ1) is 19.1. The van der Waals surface area contributed by atoms with Crippen LogP contribution in [0.25, 0.3) is 10.9 Å². The summed E-state index contributed by atoms with van der Waals surface area (Å²) in [6, 6.07) is 9.96. The van der Waals surface area contributed by atoms with Crippen LogP contribution in [-0.2, 0) is 27.7 Å². The van der Waals surface area contributed by atoms with E-state index in [2.05, 4.69) is 4.98 Å². The first-order valence-electron chi connectivity index (χ1n) is 8.77. The van der Waals surface area contributed by atoms with E-state index in [-0.39, 0.29) is 23.7 Å². The summed E-state index contributed by atoms with van der Waals surface area (Å²) in [6.07, 6.45) is 0.490. The summed E-state index contributed by atoms with van der Waals surface area (Å²) in [5.41, 5.74) is 2.77. The normalized spacial score (nSPS) is 14.5. The van der Waals surface area contributed by atoms with Crippen molar-refractivity contribution in [1.29, 1.82) is 0 Å². The van der Waals surface area contributed by atoms with E-state index in [1.165, 1.54) is 35.7 Å². The Bertz CT molecular complexity index is 1230. The number of esters is 1. The highest BCUT2D eigenvalue weighted by molar-refractivity contribution is 7.89. The average molecular weight is 415 g/mol. The van der Waals surface area contributed by atoms with Crippen LogP contribution in [0, 0.1) is 10.1 Å². The van der Waals surface area contributed by atoms with Crippen LogP contribution in [0.15, 0.2) is 47.4 Å². The third-order valence-electron chi connectivity index (χ3n) is 5.05. The SMILES string of the molecule is COC(=O)c1ccc2[nH]c3c(c2c1)CN(S(=O)(=O)c1ccc([N+](=O)[O-])cc1)CC3. The van der Waals surface area contributed by atoms with Crippen molar-refractivity contribution in [2.45, 2.75) is 17.9 Å². The van der Waals surface area contributed by atoms with Crippen LogP contribution in [0.5, 0.6) is 0 Å². The second-order valence-electron chi connectivity index (χ2n) is 6.67. The number of aromatic amines is 1. The predicted octanol–water partition coefficient (Wildman–Crippen LogP) is 2.61. The van der Waals surface area contributed by atoms with Gasteiger partial charge in [0.1, 0.15) is 0 Å². The van der Waals surface area contributed by atoms with E-state index in [9.17, 15) is 23.3 Å². The van der Waals surface area contributed by atoms with Crippen molar-refractivity contribution < 1.29 is 22.9 Å². The van der Waals surface area contributed by atoms with E-state index >= 15 is 0 Å². The van der Waals surface area contributed by atoms with Crippen molar-refractivity contribution in [3.63, 3.8) is 0 Å². The van der Waals surface area contributed by atoms with Gasteiger partial charge in [-0.15, -0.1) is 0 Å². The van der Waals surface area contributed by atoms with Crippen LogP contribution in [0.2, 0.25) is 0 Å².